The van der Waals surface area contributed by atoms with Crippen molar-refractivity contribution in [2.24, 2.45) is 5.92 Å². The summed E-state index contributed by atoms with van der Waals surface area (Å²) in [5.41, 5.74) is 13.7. The van der Waals surface area contributed by atoms with Gasteiger partial charge in [-0.15, -0.1) is 6.07 Å². The molecule has 1 radical (unpaired) electrons. The van der Waals surface area contributed by atoms with E-state index in [9.17, 15) is 0 Å². The van der Waals surface area contributed by atoms with Crippen LogP contribution in [0, 0.1) is 18.2 Å². The minimum atomic E-state index is -1.95. The van der Waals surface area contributed by atoms with Crippen LogP contribution in [0.25, 0.3) is 61.5 Å². The second-order valence-corrected chi connectivity index (χ2v) is 35.0. The third kappa shape index (κ3) is 10.2. The van der Waals surface area contributed by atoms with Gasteiger partial charge in [0.25, 0.3) is 0 Å². The van der Waals surface area contributed by atoms with Crippen molar-refractivity contribution in [2.75, 3.05) is 0 Å². The van der Waals surface area contributed by atoms with Gasteiger partial charge in [0.2, 0.25) is 0 Å². The summed E-state index contributed by atoms with van der Waals surface area (Å²) in [4.78, 5) is 10.00. The molecular weight excluding hydrogens is 1060 g/mol. The van der Waals surface area contributed by atoms with Gasteiger partial charge in [-0.1, -0.05) is 147 Å². The Morgan fingerprint density at radius 3 is 1.94 bits per heavy atom. The standard InChI is InChI=1S/C41H39N2OSi.C18H24GeN.Ir/c1-27(2)33-23-30(29-15-9-7-10-16-29)24-34(28(3)4)40(33)43-38-20-14-13-19-37(38)42-41(43)36-26-44-39-22-21-32(25-35(36)39)45(5,6)31-17-11-8-12-18-31;1-14(2)11-16-12-18(15-9-7-6-8-10-15)20-13-17(16)19(3,4)5;/h7-25,27-28H,1-6H3;6-9,12-14H,11H2,1-5H3;/q2*-1;. The summed E-state index contributed by atoms with van der Waals surface area (Å²) >= 11 is -1.86. The van der Waals surface area contributed by atoms with E-state index in [0.717, 1.165) is 51.1 Å². The van der Waals surface area contributed by atoms with E-state index in [-0.39, 0.29) is 20.1 Å². The normalized spacial score (nSPS) is 11.9. The van der Waals surface area contributed by atoms with E-state index in [4.69, 9.17) is 14.4 Å². The average Bonchev–Trinajstić information content (AvgIpc) is 3.90. The SMILES string of the molecule is CC(C)Cc1cc(-c2[c-]cccc2)nc[c]1[Ge]([CH3])([CH3])[CH3].CC(C)c1cc(-c2ccccc2)cc(C(C)C)c1-n1c(-c2[c-]oc3ccc([Si](C)(C)c4ccccc4)cc23)nc2ccccc21.[Ir]. The maximum absolute atomic E-state index is 6.13. The molecule has 0 N–H and O–H groups in total. The smallest absolute Gasteiger partial charge is 0.111 e. The number of pyridine rings is 1. The molecular formula is C59H63GeIrN3OSi-2. The maximum atomic E-state index is 6.13. The quantitative estimate of drug-likeness (QED) is 0.0958. The first-order valence-corrected chi connectivity index (χ1v) is 33.6. The van der Waals surface area contributed by atoms with E-state index in [1.165, 1.54) is 43.9 Å². The second-order valence-electron chi connectivity index (χ2n) is 20.1. The van der Waals surface area contributed by atoms with Crippen LogP contribution in [0.1, 0.15) is 70.1 Å². The van der Waals surface area contributed by atoms with Crippen molar-refractivity contribution in [3.05, 3.63) is 181 Å². The van der Waals surface area contributed by atoms with Crippen molar-refractivity contribution in [3.63, 3.8) is 0 Å². The van der Waals surface area contributed by atoms with Crippen molar-refractivity contribution < 1.29 is 24.5 Å². The van der Waals surface area contributed by atoms with Gasteiger partial charge in [0.1, 0.15) is 8.07 Å². The van der Waals surface area contributed by atoms with Gasteiger partial charge < -0.3 is 8.98 Å². The second kappa shape index (κ2) is 20.4. The van der Waals surface area contributed by atoms with E-state index in [0.29, 0.717) is 17.8 Å². The predicted octanol–water partition coefficient (Wildman–Crippen LogP) is 14.3. The van der Waals surface area contributed by atoms with Crippen molar-refractivity contribution in [1.29, 1.82) is 0 Å². The van der Waals surface area contributed by atoms with Crippen molar-refractivity contribution in [3.8, 4) is 39.5 Å². The van der Waals surface area contributed by atoms with Gasteiger partial charge in [0.15, 0.2) is 0 Å². The summed E-state index contributed by atoms with van der Waals surface area (Å²) in [5.74, 6) is 9.45. The molecule has 0 aliphatic rings. The Labute approximate surface area is 410 Å². The summed E-state index contributed by atoms with van der Waals surface area (Å²) in [7, 11) is -1.95. The molecule has 6 aromatic carbocycles. The Kier molecular flexibility index (Phi) is 15.1. The van der Waals surface area contributed by atoms with Gasteiger partial charge in [-0.25, -0.2) is 0 Å². The van der Waals surface area contributed by atoms with Crippen LogP contribution >= 0.6 is 0 Å². The molecule has 0 aliphatic heterocycles. The van der Waals surface area contributed by atoms with Crippen LogP contribution in [0.5, 0.6) is 0 Å². The van der Waals surface area contributed by atoms with Crippen LogP contribution in [0.2, 0.25) is 30.4 Å². The molecule has 3 aromatic heterocycles. The summed E-state index contributed by atoms with van der Waals surface area (Å²) in [6.07, 6.45) is 6.58. The zero-order chi connectivity index (χ0) is 46.0. The molecule has 0 atom stereocenters. The third-order valence-corrected chi connectivity index (χ3v) is 20.5. The monoisotopic (exact) mass is 1120 g/mol. The average molecular weight is 1120 g/mol. The molecule has 0 unspecified atom stereocenters. The number of para-hydroxylation sites is 2. The zero-order valence-corrected chi connectivity index (χ0v) is 45.9. The van der Waals surface area contributed by atoms with Crippen LogP contribution in [-0.2, 0) is 26.5 Å². The fourth-order valence-corrected chi connectivity index (χ4v) is 14.8. The molecule has 339 valence electrons. The number of hydrogen-bond donors (Lipinski definition) is 0. The van der Waals surface area contributed by atoms with Gasteiger partial charge in [-0.3, -0.25) is 4.98 Å². The molecule has 66 heavy (non-hydrogen) atoms. The first-order valence-electron chi connectivity index (χ1n) is 23.3. The van der Waals surface area contributed by atoms with Gasteiger partial charge in [-0.05, 0) is 58.4 Å². The van der Waals surface area contributed by atoms with Gasteiger partial charge >= 0.3 is 126 Å². The molecule has 9 aromatic rings. The Balaban J connectivity index is 0.000000260. The summed E-state index contributed by atoms with van der Waals surface area (Å²) < 4.78 is 10.1. The summed E-state index contributed by atoms with van der Waals surface area (Å²) in [5, 5.41) is 3.82. The molecule has 0 fully saturated rings. The van der Waals surface area contributed by atoms with Crippen molar-refractivity contribution in [2.45, 2.75) is 90.2 Å². The number of fused-ring (bicyclic) bond motifs is 2. The molecule has 0 spiro atoms. The fraction of sp³-hybridized carbons (Fsp3) is 0.254. The molecule has 3 heterocycles. The van der Waals surface area contributed by atoms with Crippen LogP contribution in [-0.4, -0.2) is 35.9 Å². The largest absolute Gasteiger partial charge is 0.557 e. The maximum Gasteiger partial charge on any atom is 0.111 e. The van der Waals surface area contributed by atoms with Gasteiger partial charge in [0, 0.05) is 37.6 Å². The molecule has 0 amide bonds. The number of benzene rings is 6. The van der Waals surface area contributed by atoms with Gasteiger partial charge in [0.05, 0.1) is 16.9 Å². The number of hydrogen-bond acceptors (Lipinski definition) is 3. The minimum absolute atomic E-state index is 0. The van der Waals surface area contributed by atoms with Crippen LogP contribution in [0.3, 0.4) is 0 Å². The van der Waals surface area contributed by atoms with Crippen LogP contribution in [0.15, 0.2) is 156 Å². The van der Waals surface area contributed by atoms with E-state index in [1.807, 2.05) is 18.2 Å². The molecule has 4 nitrogen and oxygen atoms in total. The van der Waals surface area contributed by atoms with Gasteiger partial charge in [-0.2, -0.15) is 0 Å². The number of rotatable bonds is 11. The Morgan fingerprint density at radius 1 is 0.682 bits per heavy atom. The number of nitrogens with zero attached hydrogens (tertiary/aromatic N) is 3. The van der Waals surface area contributed by atoms with Crippen molar-refractivity contribution >= 4 is 58.1 Å². The Morgan fingerprint density at radius 2 is 1.32 bits per heavy atom. The van der Waals surface area contributed by atoms with Crippen molar-refractivity contribution in [1.82, 2.24) is 14.5 Å². The van der Waals surface area contributed by atoms with E-state index >= 15 is 0 Å². The fourth-order valence-electron chi connectivity index (χ4n) is 9.07. The van der Waals surface area contributed by atoms with Crippen LogP contribution < -0.4 is 14.8 Å². The molecule has 0 saturated carbocycles. The Hall–Kier alpha value is -5.11. The first kappa shape index (κ1) is 48.8. The van der Waals surface area contributed by atoms with Crippen LogP contribution in [0.4, 0.5) is 0 Å². The summed E-state index contributed by atoms with van der Waals surface area (Å²) in [6.45, 7) is 18.6. The molecule has 0 aliphatic carbocycles. The number of aromatic nitrogens is 3. The Bertz CT molecular complexity index is 3030. The zero-order valence-electron chi connectivity index (χ0n) is 40.5. The third-order valence-electron chi connectivity index (χ3n) is 12.7. The molecule has 0 saturated heterocycles. The minimum Gasteiger partial charge on any atom is -0.557 e. The molecule has 0 bridgehead atoms. The molecule has 9 rings (SSSR count). The van der Waals surface area contributed by atoms with E-state index in [2.05, 4.69) is 222 Å². The molecule has 7 heteroatoms. The van der Waals surface area contributed by atoms with E-state index < -0.39 is 21.3 Å². The number of imidazole rings is 1. The topological polar surface area (TPSA) is 43.9 Å². The van der Waals surface area contributed by atoms with E-state index in [1.54, 1.807) is 4.40 Å². The first-order chi connectivity index (χ1) is 31.1. The summed E-state index contributed by atoms with van der Waals surface area (Å²) in [6, 6.07) is 55.2. The predicted molar refractivity (Wildman–Crippen MR) is 282 cm³/mol. The number of furan rings is 1.